The van der Waals surface area contributed by atoms with E-state index in [2.05, 4.69) is 53.6 Å². The van der Waals surface area contributed by atoms with Gasteiger partial charge in [0.25, 0.3) is 0 Å². The number of thioether (sulfide) groups is 1. The zero-order valence-electron chi connectivity index (χ0n) is 17.8. The molecule has 1 saturated heterocycles. The molecule has 2 aromatic rings. The van der Waals surface area contributed by atoms with Crippen LogP contribution in [0.4, 0.5) is 0 Å². The lowest BCUT2D eigenvalue weighted by molar-refractivity contribution is 0.0923. The molecule has 2 fully saturated rings. The number of fused-ring (bicyclic) bond motifs is 2. The number of nitrogens with zero attached hydrogens (tertiary/aromatic N) is 1. The van der Waals surface area contributed by atoms with Gasteiger partial charge in [-0.25, -0.2) is 0 Å². The standard InChI is InChI=1S/C26H31NOS2/c1-29-21-10-11-25-23(16-21)26(22-4-2-3-5-24(22)30-25)19-12-14-27(15-13-19)17-18-6-8-20(28)9-7-18/h2-5,10-11,16,18,20,28H,6-9,12-15,17H2,1H3. The predicted molar refractivity (Wildman–Crippen MR) is 128 cm³/mol. The molecular formula is C26H31NOS2. The number of aliphatic hydroxyl groups excluding tert-OH is 1. The SMILES string of the molecule is CSc1ccc2c(c1)C(=C1CCN(CC3CCC(O)CC3)CC1)c1ccccc1S2. The summed E-state index contributed by atoms with van der Waals surface area (Å²) in [5.74, 6) is 0.777. The third-order valence-electron chi connectivity index (χ3n) is 6.98. The van der Waals surface area contributed by atoms with Crippen molar-refractivity contribution in [1.82, 2.24) is 4.90 Å². The van der Waals surface area contributed by atoms with Crippen molar-refractivity contribution in [3.8, 4) is 0 Å². The van der Waals surface area contributed by atoms with Crippen LogP contribution in [0.2, 0.25) is 0 Å². The van der Waals surface area contributed by atoms with Gasteiger partial charge >= 0.3 is 0 Å². The predicted octanol–water partition coefficient (Wildman–Crippen LogP) is 6.32. The summed E-state index contributed by atoms with van der Waals surface area (Å²) in [4.78, 5) is 6.82. The summed E-state index contributed by atoms with van der Waals surface area (Å²) >= 11 is 3.75. The maximum absolute atomic E-state index is 9.79. The first-order valence-electron chi connectivity index (χ1n) is 11.3. The van der Waals surface area contributed by atoms with Crippen molar-refractivity contribution in [3.05, 3.63) is 59.2 Å². The van der Waals surface area contributed by atoms with E-state index < -0.39 is 0 Å². The van der Waals surface area contributed by atoms with E-state index in [9.17, 15) is 5.11 Å². The van der Waals surface area contributed by atoms with Crippen molar-refractivity contribution in [1.29, 1.82) is 0 Å². The highest BCUT2D eigenvalue weighted by Crippen LogP contribution is 2.48. The molecule has 1 aliphatic carbocycles. The van der Waals surface area contributed by atoms with Crippen LogP contribution in [0.5, 0.6) is 0 Å². The summed E-state index contributed by atoms with van der Waals surface area (Å²) in [6.45, 7) is 3.56. The molecule has 2 heterocycles. The molecule has 1 saturated carbocycles. The molecule has 0 aromatic heterocycles. The fourth-order valence-electron chi connectivity index (χ4n) is 5.28. The molecule has 0 spiro atoms. The topological polar surface area (TPSA) is 23.5 Å². The number of likely N-dealkylation sites (tertiary alicyclic amines) is 1. The summed E-state index contributed by atoms with van der Waals surface area (Å²) in [6.07, 6.45) is 8.85. The molecule has 30 heavy (non-hydrogen) atoms. The summed E-state index contributed by atoms with van der Waals surface area (Å²) in [5.41, 5.74) is 6.02. The lowest BCUT2D eigenvalue weighted by Gasteiger charge is -2.35. The van der Waals surface area contributed by atoms with Crippen molar-refractivity contribution < 1.29 is 5.11 Å². The van der Waals surface area contributed by atoms with Gasteiger partial charge in [0, 0.05) is 34.3 Å². The molecule has 0 radical (unpaired) electrons. The van der Waals surface area contributed by atoms with E-state index in [0.717, 1.165) is 18.8 Å². The first kappa shape index (κ1) is 20.7. The summed E-state index contributed by atoms with van der Waals surface area (Å²) in [6, 6.07) is 15.9. The molecule has 0 amide bonds. The minimum absolute atomic E-state index is 0.0468. The molecule has 2 aliphatic heterocycles. The Balaban J connectivity index is 1.40. The molecular weight excluding hydrogens is 406 g/mol. The van der Waals surface area contributed by atoms with Crippen LogP contribution in [0.15, 0.2) is 62.7 Å². The van der Waals surface area contributed by atoms with Crippen LogP contribution in [-0.2, 0) is 0 Å². The third kappa shape index (κ3) is 4.25. The van der Waals surface area contributed by atoms with E-state index in [1.165, 1.54) is 76.7 Å². The monoisotopic (exact) mass is 437 g/mol. The van der Waals surface area contributed by atoms with Crippen molar-refractivity contribution >= 4 is 29.1 Å². The number of benzene rings is 2. The van der Waals surface area contributed by atoms with E-state index in [4.69, 9.17) is 0 Å². The van der Waals surface area contributed by atoms with E-state index >= 15 is 0 Å². The summed E-state index contributed by atoms with van der Waals surface area (Å²) in [7, 11) is 0. The number of piperidine rings is 1. The quantitative estimate of drug-likeness (QED) is 0.484. The van der Waals surface area contributed by atoms with E-state index in [1.807, 2.05) is 23.5 Å². The van der Waals surface area contributed by atoms with Crippen molar-refractivity contribution in [3.63, 3.8) is 0 Å². The van der Waals surface area contributed by atoms with Gasteiger partial charge in [0.15, 0.2) is 0 Å². The second-order valence-corrected chi connectivity index (χ2v) is 10.9. The largest absolute Gasteiger partial charge is 0.393 e. The molecule has 4 heteroatoms. The maximum atomic E-state index is 9.79. The minimum atomic E-state index is -0.0468. The number of rotatable bonds is 3. The van der Waals surface area contributed by atoms with Crippen molar-refractivity contribution in [2.24, 2.45) is 5.92 Å². The zero-order valence-corrected chi connectivity index (χ0v) is 19.4. The second kappa shape index (κ2) is 9.12. The van der Waals surface area contributed by atoms with Crippen LogP contribution in [0.1, 0.15) is 49.7 Å². The van der Waals surface area contributed by atoms with Crippen LogP contribution < -0.4 is 0 Å². The van der Waals surface area contributed by atoms with Gasteiger partial charge in [-0.15, -0.1) is 11.8 Å². The Hall–Kier alpha value is -1.20. The van der Waals surface area contributed by atoms with Gasteiger partial charge in [-0.1, -0.05) is 35.5 Å². The molecule has 0 atom stereocenters. The first-order chi connectivity index (χ1) is 14.7. The smallest absolute Gasteiger partial charge is 0.0540 e. The van der Waals surface area contributed by atoms with E-state index in [0.29, 0.717) is 0 Å². The minimum Gasteiger partial charge on any atom is -0.393 e. The molecule has 0 unspecified atom stereocenters. The Morgan fingerprint density at radius 3 is 2.47 bits per heavy atom. The molecule has 0 bridgehead atoms. The average molecular weight is 438 g/mol. The second-order valence-electron chi connectivity index (χ2n) is 8.91. The third-order valence-corrected chi connectivity index (χ3v) is 8.86. The molecule has 1 N–H and O–H groups in total. The maximum Gasteiger partial charge on any atom is 0.0540 e. The van der Waals surface area contributed by atoms with Gasteiger partial charge in [0.2, 0.25) is 0 Å². The first-order valence-corrected chi connectivity index (χ1v) is 13.3. The highest BCUT2D eigenvalue weighted by atomic mass is 32.2. The van der Waals surface area contributed by atoms with Gasteiger partial charge in [-0.05, 0) is 91.7 Å². The van der Waals surface area contributed by atoms with Gasteiger partial charge in [-0.3, -0.25) is 0 Å². The lowest BCUT2D eigenvalue weighted by atomic mass is 9.85. The Labute approximate surface area is 189 Å². The van der Waals surface area contributed by atoms with Crippen molar-refractivity contribution in [2.45, 2.75) is 59.3 Å². The Morgan fingerprint density at radius 2 is 1.70 bits per heavy atom. The Bertz CT molecular complexity index is 936. The summed E-state index contributed by atoms with van der Waals surface area (Å²) < 4.78 is 0. The normalized spacial score (nSPS) is 24.5. The average Bonchev–Trinajstić information content (AvgIpc) is 2.79. The Kier molecular flexibility index (Phi) is 6.29. The van der Waals surface area contributed by atoms with Gasteiger partial charge in [-0.2, -0.15) is 0 Å². The van der Waals surface area contributed by atoms with Crippen LogP contribution in [0, 0.1) is 5.92 Å². The highest BCUT2D eigenvalue weighted by Gasteiger charge is 2.27. The Morgan fingerprint density at radius 1 is 0.967 bits per heavy atom. The number of hydrogen-bond donors (Lipinski definition) is 1. The van der Waals surface area contributed by atoms with Crippen molar-refractivity contribution in [2.75, 3.05) is 25.9 Å². The number of aliphatic hydroxyl groups is 1. The van der Waals surface area contributed by atoms with Gasteiger partial charge < -0.3 is 10.0 Å². The number of hydrogen-bond acceptors (Lipinski definition) is 4. The molecule has 2 aromatic carbocycles. The van der Waals surface area contributed by atoms with Crippen LogP contribution in [0.25, 0.3) is 5.57 Å². The van der Waals surface area contributed by atoms with Gasteiger partial charge in [0.05, 0.1) is 6.10 Å². The van der Waals surface area contributed by atoms with E-state index in [-0.39, 0.29) is 6.10 Å². The molecule has 3 aliphatic rings. The van der Waals surface area contributed by atoms with Crippen LogP contribution in [-0.4, -0.2) is 42.0 Å². The molecule has 5 rings (SSSR count). The highest BCUT2D eigenvalue weighted by molar-refractivity contribution is 7.99. The van der Waals surface area contributed by atoms with Gasteiger partial charge in [0.1, 0.15) is 0 Å². The lowest BCUT2D eigenvalue weighted by Crippen LogP contribution is -2.36. The zero-order chi connectivity index (χ0) is 20.5. The molecule has 2 nitrogen and oxygen atoms in total. The van der Waals surface area contributed by atoms with Crippen LogP contribution in [0.3, 0.4) is 0 Å². The molecule has 158 valence electrons. The van der Waals surface area contributed by atoms with Crippen LogP contribution >= 0.6 is 23.5 Å². The fraction of sp³-hybridized carbons (Fsp3) is 0.462. The van der Waals surface area contributed by atoms with E-state index in [1.54, 1.807) is 5.57 Å². The fourth-order valence-corrected chi connectivity index (χ4v) is 6.79. The summed E-state index contributed by atoms with van der Waals surface area (Å²) in [5, 5.41) is 9.79.